The maximum absolute atomic E-state index is 5.37. The smallest absolute Gasteiger partial charge is 0.134 e. The minimum atomic E-state index is 0.972. The fraction of sp³-hybridized carbons (Fsp3) is 0.143. The molecule has 0 aliphatic carbocycles. The Labute approximate surface area is 94.5 Å². The van der Waals surface area contributed by atoms with E-state index in [4.69, 9.17) is 8.83 Å². The van der Waals surface area contributed by atoms with Gasteiger partial charge in [0.05, 0.1) is 12.5 Å². The lowest BCUT2D eigenvalue weighted by atomic mass is 10.2. The van der Waals surface area contributed by atoms with Crippen LogP contribution in [-0.4, -0.2) is 0 Å². The summed E-state index contributed by atoms with van der Waals surface area (Å²) in [5.74, 6) is 0.973. The van der Waals surface area contributed by atoms with Crippen LogP contribution >= 0.6 is 0 Å². The monoisotopic (exact) mass is 214 g/mol. The molecule has 0 aliphatic rings. The fourth-order valence-corrected chi connectivity index (χ4v) is 1.45. The van der Waals surface area contributed by atoms with Crippen molar-refractivity contribution in [3.05, 3.63) is 60.2 Å². The highest BCUT2D eigenvalue weighted by molar-refractivity contribution is 5.77. The van der Waals surface area contributed by atoms with E-state index in [2.05, 4.69) is 0 Å². The van der Waals surface area contributed by atoms with Crippen molar-refractivity contribution in [2.45, 2.75) is 13.8 Å². The predicted molar refractivity (Wildman–Crippen MR) is 64.4 cm³/mol. The van der Waals surface area contributed by atoms with Crippen molar-refractivity contribution in [1.29, 1.82) is 0 Å². The van der Waals surface area contributed by atoms with Gasteiger partial charge in [0.25, 0.3) is 0 Å². The summed E-state index contributed by atoms with van der Waals surface area (Å²) < 4.78 is 10.1. The van der Waals surface area contributed by atoms with Crippen molar-refractivity contribution in [3.63, 3.8) is 0 Å². The Morgan fingerprint density at radius 2 is 1.81 bits per heavy atom. The van der Waals surface area contributed by atoms with Gasteiger partial charge in [-0.1, -0.05) is 18.2 Å². The molecule has 16 heavy (non-hydrogen) atoms. The highest BCUT2D eigenvalue weighted by Crippen LogP contribution is 2.17. The summed E-state index contributed by atoms with van der Waals surface area (Å²) in [6.07, 6.45) is 3.37. The van der Waals surface area contributed by atoms with Crippen molar-refractivity contribution in [2.75, 3.05) is 0 Å². The first kappa shape index (κ1) is 10.6. The van der Waals surface area contributed by atoms with Crippen LogP contribution in [0.15, 0.2) is 57.8 Å². The van der Waals surface area contributed by atoms with Gasteiger partial charge in [0.2, 0.25) is 0 Å². The van der Waals surface area contributed by atoms with Gasteiger partial charge in [0, 0.05) is 5.39 Å². The van der Waals surface area contributed by atoms with Gasteiger partial charge in [-0.15, -0.1) is 0 Å². The number of hydrogen-bond acceptors (Lipinski definition) is 2. The van der Waals surface area contributed by atoms with Crippen LogP contribution in [0.25, 0.3) is 11.0 Å². The zero-order chi connectivity index (χ0) is 11.4. The number of hydrogen-bond donors (Lipinski definition) is 0. The van der Waals surface area contributed by atoms with E-state index in [9.17, 15) is 0 Å². The van der Waals surface area contributed by atoms with E-state index in [0.717, 1.165) is 11.3 Å². The number of para-hydroxylation sites is 1. The number of aryl methyl sites for hydroxylation is 2. The molecule has 2 heterocycles. The van der Waals surface area contributed by atoms with Crippen molar-refractivity contribution < 1.29 is 8.83 Å². The van der Waals surface area contributed by atoms with E-state index < -0.39 is 0 Å². The molecule has 0 radical (unpaired) electrons. The molecule has 82 valence electrons. The molecule has 1 aromatic carbocycles. The van der Waals surface area contributed by atoms with Crippen molar-refractivity contribution in [2.24, 2.45) is 0 Å². The standard InChI is InChI=1S/C9H8O.C5H6O/c1-7-6-8-4-2-3-5-9(8)10-7;1-5-2-3-6-4-5/h2-6H,1H3;2-4H,1H3. The Bertz CT molecular complexity index is 514. The molecule has 0 bridgehead atoms. The minimum absolute atomic E-state index is 0.972. The molecule has 0 saturated carbocycles. The molecule has 0 atom stereocenters. The van der Waals surface area contributed by atoms with Gasteiger partial charge in [-0.25, -0.2) is 0 Å². The van der Waals surface area contributed by atoms with Gasteiger partial charge in [0.15, 0.2) is 0 Å². The number of rotatable bonds is 0. The molecule has 0 fully saturated rings. The molecule has 2 nitrogen and oxygen atoms in total. The molecule has 0 spiro atoms. The van der Waals surface area contributed by atoms with Crippen molar-refractivity contribution in [3.8, 4) is 0 Å². The first-order chi connectivity index (χ1) is 7.75. The summed E-state index contributed by atoms with van der Waals surface area (Å²) in [4.78, 5) is 0. The molecule has 3 rings (SSSR count). The van der Waals surface area contributed by atoms with E-state index in [-0.39, 0.29) is 0 Å². The van der Waals surface area contributed by atoms with Crippen LogP contribution in [0.4, 0.5) is 0 Å². The zero-order valence-electron chi connectivity index (χ0n) is 9.44. The van der Waals surface area contributed by atoms with Crippen LogP contribution in [0.1, 0.15) is 11.3 Å². The molecule has 2 heteroatoms. The van der Waals surface area contributed by atoms with E-state index in [1.54, 1.807) is 12.5 Å². The molecular weight excluding hydrogens is 200 g/mol. The van der Waals surface area contributed by atoms with Crippen molar-refractivity contribution in [1.82, 2.24) is 0 Å². The van der Waals surface area contributed by atoms with Gasteiger partial charge in [0.1, 0.15) is 11.3 Å². The molecule has 0 N–H and O–H groups in total. The van der Waals surface area contributed by atoms with E-state index in [1.165, 1.54) is 10.9 Å². The Morgan fingerprint density at radius 3 is 2.38 bits per heavy atom. The SMILES string of the molecule is Cc1cc2ccccc2o1.Cc1ccoc1. The second-order valence-electron chi connectivity index (χ2n) is 3.70. The summed E-state index contributed by atoms with van der Waals surface area (Å²) in [5.41, 5.74) is 2.15. The maximum atomic E-state index is 5.37. The first-order valence-corrected chi connectivity index (χ1v) is 5.20. The normalized spacial score (nSPS) is 9.88. The Morgan fingerprint density at radius 1 is 1.00 bits per heavy atom. The van der Waals surface area contributed by atoms with Gasteiger partial charge >= 0.3 is 0 Å². The quantitative estimate of drug-likeness (QED) is 0.556. The number of furan rings is 2. The van der Waals surface area contributed by atoms with Crippen LogP contribution < -0.4 is 0 Å². The molecule has 2 aromatic heterocycles. The molecular formula is C14H14O2. The highest BCUT2D eigenvalue weighted by atomic mass is 16.3. The third-order valence-electron chi connectivity index (χ3n) is 2.21. The topological polar surface area (TPSA) is 26.3 Å². The Balaban J connectivity index is 0.000000138. The lowest BCUT2D eigenvalue weighted by molar-refractivity contribution is 0.565. The predicted octanol–water partition coefficient (Wildman–Crippen LogP) is 4.33. The first-order valence-electron chi connectivity index (χ1n) is 5.20. The fourth-order valence-electron chi connectivity index (χ4n) is 1.45. The van der Waals surface area contributed by atoms with Crippen molar-refractivity contribution >= 4 is 11.0 Å². The summed E-state index contributed by atoms with van der Waals surface area (Å²) in [6.45, 7) is 3.95. The third kappa shape index (κ3) is 2.54. The summed E-state index contributed by atoms with van der Waals surface area (Å²) in [6, 6.07) is 12.0. The van der Waals surface area contributed by atoms with E-state index >= 15 is 0 Å². The van der Waals surface area contributed by atoms with Crippen LogP contribution in [0, 0.1) is 13.8 Å². The van der Waals surface area contributed by atoms with Gasteiger partial charge in [-0.05, 0) is 37.6 Å². The molecule has 0 aliphatic heterocycles. The lowest BCUT2D eigenvalue weighted by Gasteiger charge is -1.82. The van der Waals surface area contributed by atoms with Crippen LogP contribution in [0.2, 0.25) is 0 Å². The summed E-state index contributed by atoms with van der Waals surface area (Å²) in [5, 5.41) is 1.18. The van der Waals surface area contributed by atoms with Crippen LogP contribution in [-0.2, 0) is 0 Å². The van der Waals surface area contributed by atoms with Gasteiger partial charge in [-0.2, -0.15) is 0 Å². The Kier molecular flexibility index (Phi) is 3.10. The average molecular weight is 214 g/mol. The molecule has 0 amide bonds. The zero-order valence-corrected chi connectivity index (χ0v) is 9.44. The highest BCUT2D eigenvalue weighted by Gasteiger charge is 1.95. The molecule has 3 aromatic rings. The van der Waals surface area contributed by atoms with Gasteiger partial charge in [-0.3, -0.25) is 0 Å². The lowest BCUT2D eigenvalue weighted by Crippen LogP contribution is -1.57. The average Bonchev–Trinajstić information content (AvgIpc) is 2.86. The maximum Gasteiger partial charge on any atom is 0.134 e. The van der Waals surface area contributed by atoms with E-state index in [1.807, 2.05) is 50.2 Å². The van der Waals surface area contributed by atoms with Gasteiger partial charge < -0.3 is 8.83 Å². The van der Waals surface area contributed by atoms with Crippen LogP contribution in [0.5, 0.6) is 0 Å². The van der Waals surface area contributed by atoms with Crippen LogP contribution in [0.3, 0.4) is 0 Å². The minimum Gasteiger partial charge on any atom is -0.472 e. The summed E-state index contributed by atoms with van der Waals surface area (Å²) in [7, 11) is 0. The molecule has 0 unspecified atom stereocenters. The number of fused-ring (bicyclic) bond motifs is 1. The second kappa shape index (κ2) is 4.71. The third-order valence-corrected chi connectivity index (χ3v) is 2.21. The number of benzene rings is 1. The van der Waals surface area contributed by atoms with E-state index in [0.29, 0.717) is 0 Å². The second-order valence-corrected chi connectivity index (χ2v) is 3.70. The Hall–Kier alpha value is -1.96. The molecule has 0 saturated heterocycles. The largest absolute Gasteiger partial charge is 0.472 e. The summed E-state index contributed by atoms with van der Waals surface area (Å²) >= 11 is 0.